The first-order chi connectivity index (χ1) is 9.04. The second-order valence-electron chi connectivity index (χ2n) is 3.57. The number of thioether (sulfide) groups is 1. The van der Waals surface area contributed by atoms with E-state index < -0.39 is 5.97 Å². The van der Waals surface area contributed by atoms with Crippen LogP contribution in [-0.4, -0.2) is 21.3 Å². The van der Waals surface area contributed by atoms with E-state index in [-0.39, 0.29) is 15.9 Å². The molecule has 19 heavy (non-hydrogen) atoms. The van der Waals surface area contributed by atoms with Gasteiger partial charge in [-0.2, -0.15) is 0 Å². The average molecular weight is 277 g/mol. The van der Waals surface area contributed by atoms with Crippen LogP contribution in [0.2, 0.25) is 0 Å². The van der Waals surface area contributed by atoms with E-state index in [1.54, 1.807) is 19.1 Å². The van der Waals surface area contributed by atoms with Gasteiger partial charge in [0, 0.05) is 6.92 Å². The molecule has 1 aromatic carbocycles. The fraction of sp³-hybridized carbons (Fsp3) is 0.0833. The van der Waals surface area contributed by atoms with Crippen LogP contribution in [0.5, 0.6) is 5.75 Å². The molecule has 0 radical (unpaired) electrons. The van der Waals surface area contributed by atoms with Gasteiger partial charge >= 0.3 is 5.97 Å². The van der Waals surface area contributed by atoms with Crippen molar-refractivity contribution >= 4 is 23.8 Å². The first-order valence-corrected chi connectivity index (χ1v) is 6.06. The van der Waals surface area contributed by atoms with Crippen LogP contribution in [-0.2, 0) is 4.79 Å². The van der Waals surface area contributed by atoms with Gasteiger partial charge in [-0.1, -0.05) is 24.3 Å². The number of benzene rings is 1. The number of aryl methyl sites for hydroxylation is 1. The van der Waals surface area contributed by atoms with Crippen LogP contribution in [0.25, 0.3) is 6.08 Å². The summed E-state index contributed by atoms with van der Waals surface area (Å²) >= 11 is 0.860. The molecule has 7 heteroatoms. The lowest BCUT2D eigenvalue weighted by Gasteiger charge is -2.04. The van der Waals surface area contributed by atoms with E-state index in [2.05, 4.69) is 10.2 Å². The lowest BCUT2D eigenvalue weighted by atomic mass is 10.2. The number of hydrogen-bond donors (Lipinski definition) is 1. The van der Waals surface area contributed by atoms with Crippen LogP contribution >= 0.6 is 11.8 Å². The maximum atomic E-state index is 11.1. The minimum absolute atomic E-state index is 0.0299. The van der Waals surface area contributed by atoms with Crippen LogP contribution in [0, 0.1) is 6.92 Å². The van der Waals surface area contributed by atoms with Gasteiger partial charge in [0.05, 0.1) is 0 Å². The molecule has 0 aliphatic rings. The van der Waals surface area contributed by atoms with Crippen molar-refractivity contribution < 1.29 is 19.4 Å². The number of carboxylic acid groups (broad SMARTS) is 1. The maximum absolute atomic E-state index is 11.1. The summed E-state index contributed by atoms with van der Waals surface area (Å²) in [5, 5.41) is 27.6. The van der Waals surface area contributed by atoms with Crippen LogP contribution < -0.4 is 5.11 Å². The van der Waals surface area contributed by atoms with E-state index in [1.807, 2.05) is 0 Å². The van der Waals surface area contributed by atoms with Crippen LogP contribution in [0.1, 0.15) is 11.5 Å². The maximum Gasteiger partial charge on any atom is 0.342 e. The zero-order valence-electron chi connectivity index (χ0n) is 9.86. The molecule has 0 saturated heterocycles. The third-order valence-corrected chi connectivity index (χ3v) is 2.95. The van der Waals surface area contributed by atoms with Crippen LogP contribution in [0.15, 0.2) is 38.8 Å². The molecule has 2 rings (SSSR count). The van der Waals surface area contributed by atoms with E-state index >= 15 is 0 Å². The second kappa shape index (κ2) is 5.57. The van der Waals surface area contributed by atoms with Gasteiger partial charge in [0.1, 0.15) is 4.91 Å². The quantitative estimate of drug-likeness (QED) is 0.670. The molecule has 2 aromatic rings. The number of rotatable bonds is 4. The molecule has 1 N–H and O–H groups in total. The number of aromatic nitrogens is 2. The summed E-state index contributed by atoms with van der Waals surface area (Å²) in [6.07, 6.45) is 1.44. The molecular formula is C12H9N2O4S-. The number of hydrogen-bond acceptors (Lipinski definition) is 6. The highest BCUT2D eigenvalue weighted by atomic mass is 32.2. The third kappa shape index (κ3) is 3.59. The Balaban J connectivity index is 2.24. The highest BCUT2D eigenvalue weighted by molar-refractivity contribution is 8.03. The van der Waals surface area contributed by atoms with Crippen molar-refractivity contribution in [1.29, 1.82) is 0 Å². The lowest BCUT2D eigenvalue weighted by Crippen LogP contribution is -1.97. The van der Waals surface area contributed by atoms with E-state index in [0.717, 1.165) is 11.8 Å². The van der Waals surface area contributed by atoms with E-state index in [1.165, 1.54) is 18.2 Å². The summed E-state index contributed by atoms with van der Waals surface area (Å²) in [4.78, 5) is 11.2. The molecule has 6 nitrogen and oxygen atoms in total. The fourth-order valence-electron chi connectivity index (χ4n) is 1.26. The van der Waals surface area contributed by atoms with Crippen molar-refractivity contribution in [1.82, 2.24) is 10.2 Å². The van der Waals surface area contributed by atoms with Crippen molar-refractivity contribution in [3.8, 4) is 5.75 Å². The van der Waals surface area contributed by atoms with Crippen molar-refractivity contribution in [2.24, 2.45) is 0 Å². The Morgan fingerprint density at radius 1 is 1.37 bits per heavy atom. The van der Waals surface area contributed by atoms with Gasteiger partial charge in [0.25, 0.3) is 5.22 Å². The number of aliphatic carboxylic acids is 1. The SMILES string of the molecule is Cc1nnc(S/C(=C\c2ccc([O-])cc2)C(=O)O)o1. The van der Waals surface area contributed by atoms with Crippen molar-refractivity contribution in [3.05, 3.63) is 40.6 Å². The molecule has 0 aliphatic carbocycles. The summed E-state index contributed by atoms with van der Waals surface area (Å²) in [5.41, 5.74) is 0.612. The smallest absolute Gasteiger partial charge is 0.342 e. The van der Waals surface area contributed by atoms with Gasteiger partial charge in [-0.15, -0.1) is 15.9 Å². The molecule has 0 bridgehead atoms. The summed E-state index contributed by atoms with van der Waals surface area (Å²) in [7, 11) is 0. The van der Waals surface area contributed by atoms with Gasteiger partial charge in [-0.25, -0.2) is 4.79 Å². The monoisotopic (exact) mass is 277 g/mol. The predicted molar refractivity (Wildman–Crippen MR) is 66.4 cm³/mol. The minimum atomic E-state index is -1.10. The van der Waals surface area contributed by atoms with Gasteiger partial charge in [0.2, 0.25) is 5.89 Å². The van der Waals surface area contributed by atoms with Crippen molar-refractivity contribution in [2.45, 2.75) is 12.1 Å². The number of nitrogens with zero attached hydrogens (tertiary/aromatic N) is 2. The molecule has 0 saturated carbocycles. The Labute approximate surface area is 112 Å². The summed E-state index contributed by atoms with van der Waals surface area (Å²) in [6, 6.07) is 5.83. The van der Waals surface area contributed by atoms with Crippen LogP contribution in [0.4, 0.5) is 0 Å². The Bertz CT molecular complexity index is 619. The summed E-state index contributed by atoms with van der Waals surface area (Å²) < 4.78 is 5.11. The minimum Gasteiger partial charge on any atom is -0.872 e. The van der Waals surface area contributed by atoms with Gasteiger partial charge in [-0.3, -0.25) is 0 Å². The second-order valence-corrected chi connectivity index (χ2v) is 4.57. The summed E-state index contributed by atoms with van der Waals surface area (Å²) in [6.45, 7) is 1.62. The van der Waals surface area contributed by atoms with Gasteiger partial charge in [-0.05, 0) is 23.4 Å². The van der Waals surface area contributed by atoms with Crippen molar-refractivity contribution in [3.63, 3.8) is 0 Å². The van der Waals surface area contributed by atoms with Crippen LogP contribution in [0.3, 0.4) is 0 Å². The summed E-state index contributed by atoms with van der Waals surface area (Å²) in [5.74, 6) is -0.871. The molecule has 0 spiro atoms. The number of carboxylic acids is 1. The normalized spacial score (nSPS) is 11.5. The molecule has 0 aliphatic heterocycles. The number of carbonyl (C=O) groups is 1. The van der Waals surface area contributed by atoms with E-state index in [0.29, 0.717) is 11.5 Å². The van der Waals surface area contributed by atoms with Gasteiger partial charge in [0.15, 0.2) is 0 Å². The zero-order chi connectivity index (χ0) is 13.8. The van der Waals surface area contributed by atoms with Gasteiger partial charge < -0.3 is 14.6 Å². The Morgan fingerprint density at radius 3 is 2.58 bits per heavy atom. The zero-order valence-corrected chi connectivity index (χ0v) is 10.7. The fourth-order valence-corrected chi connectivity index (χ4v) is 1.98. The first-order valence-electron chi connectivity index (χ1n) is 5.24. The molecule has 0 fully saturated rings. The molecular weight excluding hydrogens is 268 g/mol. The first kappa shape index (κ1) is 13.2. The largest absolute Gasteiger partial charge is 0.872 e. The third-order valence-electron chi connectivity index (χ3n) is 2.09. The molecule has 0 amide bonds. The van der Waals surface area contributed by atoms with E-state index in [9.17, 15) is 9.90 Å². The molecule has 98 valence electrons. The highest BCUT2D eigenvalue weighted by Gasteiger charge is 2.13. The molecule has 0 unspecified atom stereocenters. The van der Waals surface area contributed by atoms with E-state index in [4.69, 9.17) is 9.52 Å². The Morgan fingerprint density at radius 2 is 2.05 bits per heavy atom. The Hall–Kier alpha value is -2.28. The highest BCUT2D eigenvalue weighted by Crippen LogP contribution is 2.27. The molecule has 1 heterocycles. The van der Waals surface area contributed by atoms with Crippen molar-refractivity contribution in [2.75, 3.05) is 0 Å². The Kier molecular flexibility index (Phi) is 3.86. The predicted octanol–water partition coefficient (Wildman–Crippen LogP) is 1.67. The molecule has 1 aromatic heterocycles. The topological polar surface area (TPSA) is 99.3 Å². The molecule has 0 atom stereocenters. The standard InChI is InChI=1S/C12H10N2O4S/c1-7-13-14-12(18-7)19-10(11(16)17)6-8-2-4-9(15)5-3-8/h2-6,15H,1H3,(H,16,17)/p-1/b10-6-. The average Bonchev–Trinajstić information content (AvgIpc) is 2.76. The lowest BCUT2D eigenvalue weighted by molar-refractivity contribution is -0.268.